The zero-order valence-electron chi connectivity index (χ0n) is 9.98. The first-order chi connectivity index (χ1) is 7.41. The molecule has 0 saturated carbocycles. The average Bonchev–Trinajstić information content (AvgIpc) is 2.59. The molecule has 16 heavy (non-hydrogen) atoms. The maximum atomic E-state index is 11.4. The predicted octanol–water partition coefficient (Wildman–Crippen LogP) is 2.23. The van der Waals surface area contributed by atoms with Crippen molar-refractivity contribution in [2.45, 2.75) is 33.1 Å². The van der Waals surface area contributed by atoms with Gasteiger partial charge in [-0.1, -0.05) is 20.8 Å². The fourth-order valence-corrected chi connectivity index (χ4v) is 1.70. The molecule has 0 bridgehead atoms. The first kappa shape index (κ1) is 10.8. The lowest BCUT2D eigenvalue weighted by molar-refractivity contribution is 0.101. The maximum Gasteiger partial charge on any atom is 0.171 e. The van der Waals surface area contributed by atoms with Crippen molar-refractivity contribution in [3.8, 4) is 0 Å². The molecule has 0 unspecified atom stereocenters. The molecule has 0 fully saturated rings. The Labute approximate surface area is 94.3 Å². The number of carbonyl (C=O) groups is 1. The minimum absolute atomic E-state index is 0.0125. The van der Waals surface area contributed by atoms with E-state index in [1.54, 1.807) is 13.0 Å². The van der Waals surface area contributed by atoms with E-state index in [0.717, 1.165) is 5.82 Å². The molecular formula is C12H15N3O. The molecule has 2 aromatic heterocycles. The number of rotatable bonds is 1. The Morgan fingerprint density at radius 2 is 2.00 bits per heavy atom. The first-order valence-corrected chi connectivity index (χ1v) is 5.26. The van der Waals surface area contributed by atoms with Gasteiger partial charge in [-0.2, -0.15) is 0 Å². The summed E-state index contributed by atoms with van der Waals surface area (Å²) in [5, 5.41) is 8.27. The summed E-state index contributed by atoms with van der Waals surface area (Å²) in [5.74, 6) is 0.879. The van der Waals surface area contributed by atoms with Crippen LogP contribution in [0.15, 0.2) is 18.3 Å². The van der Waals surface area contributed by atoms with Gasteiger partial charge in [0.25, 0.3) is 0 Å². The molecule has 0 aliphatic rings. The van der Waals surface area contributed by atoms with Crippen LogP contribution >= 0.6 is 0 Å². The van der Waals surface area contributed by atoms with Crippen molar-refractivity contribution in [1.29, 1.82) is 0 Å². The SMILES string of the molecule is CC(=O)c1cccn2c(C(C)(C)C)nnc12. The van der Waals surface area contributed by atoms with Crippen molar-refractivity contribution in [1.82, 2.24) is 14.6 Å². The Kier molecular flexibility index (Phi) is 2.30. The molecule has 0 spiro atoms. The number of fused-ring (bicyclic) bond motifs is 1. The first-order valence-electron chi connectivity index (χ1n) is 5.26. The molecule has 0 aliphatic heterocycles. The van der Waals surface area contributed by atoms with E-state index in [0.29, 0.717) is 11.2 Å². The van der Waals surface area contributed by atoms with Gasteiger partial charge in [-0.25, -0.2) is 0 Å². The van der Waals surface area contributed by atoms with Gasteiger partial charge in [-0.15, -0.1) is 10.2 Å². The van der Waals surface area contributed by atoms with Crippen LogP contribution in [0.4, 0.5) is 0 Å². The van der Waals surface area contributed by atoms with Crippen LogP contribution in [0.5, 0.6) is 0 Å². The third kappa shape index (κ3) is 1.60. The number of ketones is 1. The van der Waals surface area contributed by atoms with Crippen LogP contribution in [-0.2, 0) is 5.41 Å². The molecule has 0 aliphatic carbocycles. The fourth-order valence-electron chi connectivity index (χ4n) is 1.70. The van der Waals surface area contributed by atoms with Gasteiger partial charge in [0, 0.05) is 11.6 Å². The predicted molar refractivity (Wildman–Crippen MR) is 61.7 cm³/mol. The van der Waals surface area contributed by atoms with Crippen LogP contribution in [0.3, 0.4) is 0 Å². The second-order valence-electron chi connectivity index (χ2n) is 4.95. The summed E-state index contributed by atoms with van der Waals surface area (Å²) >= 11 is 0. The van der Waals surface area contributed by atoms with Crippen molar-refractivity contribution < 1.29 is 4.79 Å². The van der Waals surface area contributed by atoms with E-state index in [1.165, 1.54) is 0 Å². The maximum absolute atomic E-state index is 11.4. The van der Waals surface area contributed by atoms with Crippen molar-refractivity contribution in [2.75, 3.05) is 0 Å². The van der Waals surface area contributed by atoms with Crippen molar-refractivity contribution in [3.05, 3.63) is 29.7 Å². The van der Waals surface area contributed by atoms with Gasteiger partial charge in [0.15, 0.2) is 11.4 Å². The van der Waals surface area contributed by atoms with E-state index in [4.69, 9.17) is 0 Å². The molecule has 0 radical (unpaired) electrons. The van der Waals surface area contributed by atoms with Gasteiger partial charge >= 0.3 is 0 Å². The topological polar surface area (TPSA) is 47.3 Å². The molecule has 0 saturated heterocycles. The lowest BCUT2D eigenvalue weighted by Gasteiger charge is -2.15. The lowest BCUT2D eigenvalue weighted by atomic mass is 9.96. The highest BCUT2D eigenvalue weighted by Crippen LogP contribution is 2.22. The monoisotopic (exact) mass is 217 g/mol. The third-order valence-corrected chi connectivity index (χ3v) is 2.48. The van der Waals surface area contributed by atoms with E-state index in [9.17, 15) is 4.79 Å². The normalized spacial score (nSPS) is 12.0. The number of hydrogen-bond acceptors (Lipinski definition) is 3. The van der Waals surface area contributed by atoms with E-state index < -0.39 is 0 Å². The second-order valence-corrected chi connectivity index (χ2v) is 4.95. The molecule has 0 amide bonds. The lowest BCUT2D eigenvalue weighted by Crippen LogP contribution is -2.16. The van der Waals surface area contributed by atoms with Gasteiger partial charge in [-0.3, -0.25) is 9.20 Å². The third-order valence-electron chi connectivity index (χ3n) is 2.48. The van der Waals surface area contributed by atoms with Crippen LogP contribution in [-0.4, -0.2) is 20.4 Å². The molecular weight excluding hydrogens is 202 g/mol. The summed E-state index contributed by atoms with van der Waals surface area (Å²) in [6, 6.07) is 3.63. The molecule has 0 atom stereocenters. The Balaban J connectivity index is 2.76. The number of aromatic nitrogens is 3. The minimum atomic E-state index is -0.0885. The van der Waals surface area contributed by atoms with E-state index in [-0.39, 0.29) is 11.2 Å². The highest BCUT2D eigenvalue weighted by Gasteiger charge is 2.22. The Bertz CT molecular complexity index is 549. The Hall–Kier alpha value is -1.71. The molecule has 2 heterocycles. The van der Waals surface area contributed by atoms with E-state index >= 15 is 0 Å². The molecule has 84 valence electrons. The Morgan fingerprint density at radius 3 is 2.56 bits per heavy atom. The Morgan fingerprint density at radius 1 is 1.31 bits per heavy atom. The van der Waals surface area contributed by atoms with Crippen LogP contribution in [0.25, 0.3) is 5.65 Å². The van der Waals surface area contributed by atoms with Crippen LogP contribution in [0, 0.1) is 0 Å². The second kappa shape index (κ2) is 3.40. The highest BCUT2D eigenvalue weighted by atomic mass is 16.1. The molecule has 4 heteroatoms. The summed E-state index contributed by atoms with van der Waals surface area (Å²) in [5.41, 5.74) is 1.17. The quantitative estimate of drug-likeness (QED) is 0.688. The molecule has 0 aromatic carbocycles. The molecule has 2 aromatic rings. The zero-order chi connectivity index (χ0) is 11.9. The van der Waals surface area contributed by atoms with Gasteiger partial charge in [-0.05, 0) is 19.1 Å². The largest absolute Gasteiger partial charge is 0.294 e. The minimum Gasteiger partial charge on any atom is -0.294 e. The van der Waals surface area contributed by atoms with Gasteiger partial charge in [0.05, 0.1) is 5.56 Å². The summed E-state index contributed by atoms with van der Waals surface area (Å²) in [6.45, 7) is 7.76. The number of carbonyl (C=O) groups excluding carboxylic acids is 1. The van der Waals surface area contributed by atoms with Crippen molar-refractivity contribution >= 4 is 11.4 Å². The van der Waals surface area contributed by atoms with Crippen LogP contribution in [0.1, 0.15) is 43.9 Å². The van der Waals surface area contributed by atoms with Crippen LogP contribution in [0.2, 0.25) is 0 Å². The van der Waals surface area contributed by atoms with E-state index in [2.05, 4.69) is 31.0 Å². The zero-order valence-corrected chi connectivity index (χ0v) is 9.98. The van der Waals surface area contributed by atoms with Crippen LogP contribution < -0.4 is 0 Å². The number of nitrogens with zero attached hydrogens (tertiary/aromatic N) is 3. The standard InChI is InChI=1S/C12H15N3O/c1-8(16)9-6-5-7-15-10(9)13-14-11(15)12(2,3)4/h5-7H,1-4H3. The molecule has 0 N–H and O–H groups in total. The summed E-state index contributed by atoms with van der Waals surface area (Å²) in [7, 11) is 0. The molecule has 2 rings (SSSR count). The number of Topliss-reactive ketones (excluding diaryl/α,β-unsaturated/α-hetero) is 1. The van der Waals surface area contributed by atoms with Gasteiger partial charge < -0.3 is 0 Å². The highest BCUT2D eigenvalue weighted by molar-refractivity contribution is 5.99. The number of pyridine rings is 1. The average molecular weight is 217 g/mol. The summed E-state index contributed by atoms with van der Waals surface area (Å²) < 4.78 is 1.89. The van der Waals surface area contributed by atoms with Gasteiger partial charge in [0.2, 0.25) is 0 Å². The van der Waals surface area contributed by atoms with Crippen molar-refractivity contribution in [3.63, 3.8) is 0 Å². The smallest absolute Gasteiger partial charge is 0.171 e. The summed E-state index contributed by atoms with van der Waals surface area (Å²) in [6.07, 6.45) is 1.89. The fraction of sp³-hybridized carbons (Fsp3) is 0.417. The van der Waals surface area contributed by atoms with E-state index in [1.807, 2.05) is 16.7 Å². The summed E-state index contributed by atoms with van der Waals surface area (Å²) in [4.78, 5) is 11.4. The number of hydrogen-bond donors (Lipinski definition) is 0. The molecule has 4 nitrogen and oxygen atoms in total. The van der Waals surface area contributed by atoms with Crippen molar-refractivity contribution in [2.24, 2.45) is 0 Å². The van der Waals surface area contributed by atoms with Gasteiger partial charge in [0.1, 0.15) is 5.82 Å².